The average Bonchev–Trinajstić information content (AvgIpc) is 3.18. The first-order chi connectivity index (χ1) is 13.8. The molecule has 0 aliphatic heterocycles. The number of thiocarbonyl (C=S) groups is 1. The van der Waals surface area contributed by atoms with E-state index in [1.54, 1.807) is 0 Å². The van der Waals surface area contributed by atoms with Gasteiger partial charge >= 0.3 is 11.4 Å². The SMILES string of the molecule is FC(F)(F)C(OC(=S)On1ccnc1)c1ccc(OCc2ccccc2)c(Cl)c1. The number of rotatable bonds is 6. The summed E-state index contributed by atoms with van der Waals surface area (Å²) >= 11 is 10.9. The van der Waals surface area contributed by atoms with Crippen LogP contribution in [0.5, 0.6) is 5.75 Å². The van der Waals surface area contributed by atoms with Gasteiger partial charge in [-0.1, -0.05) is 48.0 Å². The molecule has 29 heavy (non-hydrogen) atoms. The van der Waals surface area contributed by atoms with Crippen LogP contribution in [0.15, 0.2) is 67.3 Å². The Labute approximate surface area is 174 Å². The Morgan fingerprint density at radius 3 is 2.55 bits per heavy atom. The third-order valence-corrected chi connectivity index (χ3v) is 4.13. The van der Waals surface area contributed by atoms with Crippen LogP contribution in [0.3, 0.4) is 0 Å². The van der Waals surface area contributed by atoms with Crippen molar-refractivity contribution >= 4 is 29.1 Å². The minimum atomic E-state index is -4.75. The van der Waals surface area contributed by atoms with Crippen LogP contribution < -0.4 is 9.57 Å². The fourth-order valence-corrected chi connectivity index (χ4v) is 2.79. The van der Waals surface area contributed by atoms with Gasteiger partial charge in [0.15, 0.2) is 0 Å². The first-order valence-corrected chi connectivity index (χ1v) is 9.01. The fourth-order valence-electron chi connectivity index (χ4n) is 2.36. The second kappa shape index (κ2) is 9.15. The Kier molecular flexibility index (Phi) is 6.60. The van der Waals surface area contributed by atoms with Crippen molar-refractivity contribution in [2.75, 3.05) is 0 Å². The summed E-state index contributed by atoms with van der Waals surface area (Å²) in [6, 6.07) is 13.0. The molecule has 0 spiro atoms. The number of hydrogen-bond acceptors (Lipinski definition) is 5. The molecule has 0 amide bonds. The van der Waals surface area contributed by atoms with Gasteiger partial charge in [-0.15, -0.1) is 0 Å². The number of nitrogens with zero attached hydrogens (tertiary/aromatic N) is 2. The van der Waals surface area contributed by atoms with E-state index in [2.05, 4.69) is 4.98 Å². The molecule has 0 saturated heterocycles. The van der Waals surface area contributed by atoms with Gasteiger partial charge in [0.2, 0.25) is 6.10 Å². The molecule has 1 unspecified atom stereocenters. The highest BCUT2D eigenvalue weighted by molar-refractivity contribution is 7.79. The zero-order valence-electron chi connectivity index (χ0n) is 14.7. The second-order valence-corrected chi connectivity index (χ2v) is 6.51. The predicted molar refractivity (Wildman–Crippen MR) is 104 cm³/mol. The van der Waals surface area contributed by atoms with E-state index in [4.69, 9.17) is 38.1 Å². The first-order valence-electron chi connectivity index (χ1n) is 8.23. The second-order valence-electron chi connectivity index (χ2n) is 5.77. The smallest absolute Gasteiger partial charge is 0.429 e. The lowest BCUT2D eigenvalue weighted by Gasteiger charge is -2.22. The van der Waals surface area contributed by atoms with E-state index < -0.39 is 17.5 Å². The minimum Gasteiger partial charge on any atom is -0.487 e. The quantitative estimate of drug-likeness (QED) is 0.494. The molecular formula is C19H14ClF3N2O3S. The van der Waals surface area contributed by atoms with E-state index in [0.717, 1.165) is 16.4 Å². The molecule has 0 aliphatic rings. The van der Waals surface area contributed by atoms with Crippen molar-refractivity contribution in [2.45, 2.75) is 18.9 Å². The molecular weight excluding hydrogens is 429 g/mol. The van der Waals surface area contributed by atoms with E-state index in [9.17, 15) is 13.2 Å². The third-order valence-electron chi connectivity index (χ3n) is 3.67. The summed E-state index contributed by atoms with van der Waals surface area (Å²) in [6.07, 6.45) is -3.17. The molecule has 0 radical (unpaired) electrons. The Balaban J connectivity index is 1.72. The molecule has 3 rings (SSSR count). The van der Waals surface area contributed by atoms with Crippen LogP contribution in [0, 0.1) is 0 Å². The Morgan fingerprint density at radius 1 is 1.17 bits per heavy atom. The van der Waals surface area contributed by atoms with Crippen molar-refractivity contribution < 1.29 is 27.5 Å². The highest BCUT2D eigenvalue weighted by Crippen LogP contribution is 2.38. The van der Waals surface area contributed by atoms with Gasteiger partial charge in [0.1, 0.15) is 18.7 Å². The molecule has 10 heteroatoms. The number of benzene rings is 2. The summed E-state index contributed by atoms with van der Waals surface area (Å²) in [7, 11) is 0. The molecule has 1 aromatic heterocycles. The lowest BCUT2D eigenvalue weighted by molar-refractivity contribution is -0.205. The van der Waals surface area contributed by atoms with Gasteiger partial charge in [-0.3, -0.25) is 0 Å². The van der Waals surface area contributed by atoms with E-state index in [-0.39, 0.29) is 22.9 Å². The molecule has 152 valence electrons. The van der Waals surface area contributed by atoms with Crippen molar-refractivity contribution in [3.63, 3.8) is 0 Å². The summed E-state index contributed by atoms with van der Waals surface area (Å²) < 4.78 is 52.0. The average molecular weight is 443 g/mol. The summed E-state index contributed by atoms with van der Waals surface area (Å²) in [5.41, 5.74) is 0.650. The zero-order chi connectivity index (χ0) is 20.9. The van der Waals surface area contributed by atoms with Crippen molar-refractivity contribution in [1.82, 2.24) is 9.71 Å². The molecule has 3 aromatic rings. The number of hydrogen-bond donors (Lipinski definition) is 0. The summed E-state index contributed by atoms with van der Waals surface area (Å²) in [4.78, 5) is 8.64. The van der Waals surface area contributed by atoms with E-state index >= 15 is 0 Å². The number of halogens is 4. The zero-order valence-corrected chi connectivity index (χ0v) is 16.2. The van der Waals surface area contributed by atoms with Crippen molar-refractivity contribution in [1.29, 1.82) is 0 Å². The maximum atomic E-state index is 13.5. The maximum Gasteiger partial charge on any atom is 0.429 e. The Bertz CT molecular complexity index is 953. The van der Waals surface area contributed by atoms with Gasteiger partial charge < -0.3 is 14.3 Å². The molecule has 0 saturated carbocycles. The van der Waals surface area contributed by atoms with Crippen molar-refractivity contribution in [3.05, 3.63) is 83.4 Å². The molecule has 2 aromatic carbocycles. The van der Waals surface area contributed by atoms with Crippen LogP contribution in [0.25, 0.3) is 0 Å². The highest BCUT2D eigenvalue weighted by Gasteiger charge is 2.44. The van der Waals surface area contributed by atoms with Gasteiger partial charge in [-0.2, -0.15) is 17.9 Å². The number of alkyl halides is 3. The number of aromatic nitrogens is 2. The van der Waals surface area contributed by atoms with Gasteiger partial charge in [0, 0.05) is 24.0 Å². The van der Waals surface area contributed by atoms with E-state index in [0.29, 0.717) is 0 Å². The van der Waals surface area contributed by atoms with Gasteiger partial charge in [-0.05, 0) is 17.7 Å². The normalized spacial score (nSPS) is 12.3. The predicted octanol–water partition coefficient (Wildman–Crippen LogP) is 5.15. The largest absolute Gasteiger partial charge is 0.487 e. The first kappa shape index (κ1) is 20.9. The molecule has 0 N–H and O–H groups in total. The fraction of sp³-hybridized carbons (Fsp3) is 0.158. The highest BCUT2D eigenvalue weighted by atomic mass is 35.5. The lowest BCUT2D eigenvalue weighted by atomic mass is 10.1. The van der Waals surface area contributed by atoms with Gasteiger partial charge in [-0.25, -0.2) is 4.98 Å². The molecule has 1 heterocycles. The van der Waals surface area contributed by atoms with Crippen molar-refractivity contribution in [3.8, 4) is 5.75 Å². The molecule has 1 atom stereocenters. The van der Waals surface area contributed by atoms with Crippen LogP contribution in [0.1, 0.15) is 17.2 Å². The van der Waals surface area contributed by atoms with Crippen molar-refractivity contribution in [2.24, 2.45) is 0 Å². The Hall–Kier alpha value is -2.78. The number of imidazole rings is 1. The monoisotopic (exact) mass is 442 g/mol. The topological polar surface area (TPSA) is 45.5 Å². The van der Waals surface area contributed by atoms with Gasteiger partial charge in [0.25, 0.3) is 0 Å². The van der Waals surface area contributed by atoms with Crippen LogP contribution in [-0.4, -0.2) is 21.1 Å². The molecule has 0 fully saturated rings. The van der Waals surface area contributed by atoms with E-state index in [1.807, 2.05) is 30.3 Å². The van der Waals surface area contributed by atoms with Gasteiger partial charge in [0.05, 0.1) is 11.2 Å². The summed E-state index contributed by atoms with van der Waals surface area (Å²) in [5, 5.41) is -0.705. The minimum absolute atomic E-state index is 0.0118. The Morgan fingerprint density at radius 2 is 1.93 bits per heavy atom. The summed E-state index contributed by atoms with van der Waals surface area (Å²) in [6.45, 7) is 0.224. The van der Waals surface area contributed by atoms with Crippen LogP contribution in [0.4, 0.5) is 13.2 Å². The molecule has 5 nitrogen and oxygen atoms in total. The van der Waals surface area contributed by atoms with E-state index in [1.165, 1.54) is 30.9 Å². The maximum absolute atomic E-state index is 13.5. The molecule has 0 bridgehead atoms. The summed E-state index contributed by atoms with van der Waals surface area (Å²) in [5.74, 6) is 0.248. The standard InChI is InChI=1S/C19H14ClF3N2O3S/c20-15-10-14(6-7-16(15)26-11-13-4-2-1-3-5-13)17(19(21,22)23)27-18(29)28-25-9-8-24-12-25/h1-10,12,17H,11H2. The third kappa shape index (κ3) is 5.85. The lowest BCUT2D eigenvalue weighted by Crippen LogP contribution is -2.29. The van der Waals surface area contributed by atoms with Crippen LogP contribution in [0.2, 0.25) is 5.02 Å². The molecule has 0 aliphatic carbocycles. The van der Waals surface area contributed by atoms with Crippen LogP contribution >= 0.6 is 23.8 Å². The number of ether oxygens (including phenoxy) is 2. The van der Waals surface area contributed by atoms with Crippen LogP contribution in [-0.2, 0) is 11.3 Å².